The molecule has 4 rings (SSSR count). The zero-order chi connectivity index (χ0) is 20.5. The first-order valence-corrected chi connectivity index (χ1v) is 10.1. The number of rotatable bonds is 9. The van der Waals surface area contributed by atoms with Crippen molar-refractivity contribution in [1.82, 2.24) is 4.98 Å². The molecule has 2 aliphatic rings. The highest BCUT2D eigenvalue weighted by Gasteiger charge is 2.40. The van der Waals surface area contributed by atoms with Crippen LogP contribution in [0.15, 0.2) is 36.5 Å². The van der Waals surface area contributed by atoms with Gasteiger partial charge in [-0.2, -0.15) is 0 Å². The van der Waals surface area contributed by atoms with Crippen LogP contribution in [0.5, 0.6) is 11.6 Å². The quantitative estimate of drug-likeness (QED) is 0.666. The Morgan fingerprint density at radius 2 is 2.14 bits per heavy atom. The van der Waals surface area contributed by atoms with Crippen molar-refractivity contribution in [3.8, 4) is 11.6 Å². The standard InChI is InChI=1S/C23H26FNO4/c1-13(23(26)27)21(14-6-7-14)15-4-3-5-18(8-15)29-12-17-9-19(17)16-10-20(24)22(28-2)25-11-16/h3-5,8,10-11,13-14,17,19,21H,6-7,9,12H2,1-2H3,(H,26,27)/t13-,17+,19+,21-/m0/s1. The van der Waals surface area contributed by atoms with E-state index in [1.807, 2.05) is 24.3 Å². The van der Waals surface area contributed by atoms with E-state index in [1.165, 1.54) is 13.2 Å². The minimum Gasteiger partial charge on any atom is -0.493 e. The lowest BCUT2D eigenvalue weighted by atomic mass is 9.83. The fourth-order valence-corrected chi connectivity index (χ4v) is 4.23. The van der Waals surface area contributed by atoms with Gasteiger partial charge in [0.2, 0.25) is 5.88 Å². The van der Waals surface area contributed by atoms with Gasteiger partial charge in [0.25, 0.3) is 0 Å². The smallest absolute Gasteiger partial charge is 0.306 e. The molecule has 0 spiro atoms. The van der Waals surface area contributed by atoms with Crippen molar-refractivity contribution in [2.45, 2.75) is 38.0 Å². The minimum absolute atomic E-state index is 0.0137. The first-order valence-electron chi connectivity index (χ1n) is 10.1. The second-order valence-corrected chi connectivity index (χ2v) is 8.24. The van der Waals surface area contributed by atoms with Gasteiger partial charge in [-0.25, -0.2) is 9.37 Å². The van der Waals surface area contributed by atoms with E-state index in [2.05, 4.69) is 4.98 Å². The number of hydrogen-bond donors (Lipinski definition) is 1. The first-order chi connectivity index (χ1) is 14.0. The molecule has 0 radical (unpaired) electrons. The van der Waals surface area contributed by atoms with Gasteiger partial charge >= 0.3 is 5.97 Å². The lowest BCUT2D eigenvalue weighted by Crippen LogP contribution is -2.20. The van der Waals surface area contributed by atoms with Crippen LogP contribution in [0.25, 0.3) is 0 Å². The lowest BCUT2D eigenvalue weighted by molar-refractivity contribution is -0.142. The first kappa shape index (κ1) is 19.7. The van der Waals surface area contributed by atoms with Crippen LogP contribution in [0.2, 0.25) is 0 Å². The molecule has 154 valence electrons. The van der Waals surface area contributed by atoms with Crippen LogP contribution in [-0.4, -0.2) is 29.8 Å². The molecular weight excluding hydrogens is 373 g/mol. The van der Waals surface area contributed by atoms with Gasteiger partial charge in [0.1, 0.15) is 5.75 Å². The molecule has 1 heterocycles. The third-order valence-corrected chi connectivity index (χ3v) is 6.14. The maximum atomic E-state index is 13.9. The van der Waals surface area contributed by atoms with Crippen LogP contribution in [-0.2, 0) is 4.79 Å². The average molecular weight is 399 g/mol. The molecule has 0 amide bonds. The molecule has 0 bridgehead atoms. The van der Waals surface area contributed by atoms with Crippen molar-refractivity contribution < 1.29 is 23.8 Å². The Hall–Kier alpha value is -2.63. The number of aliphatic carboxylic acids is 1. The molecule has 4 atom stereocenters. The van der Waals surface area contributed by atoms with E-state index in [9.17, 15) is 14.3 Å². The predicted octanol–water partition coefficient (Wildman–Crippen LogP) is 4.63. The summed E-state index contributed by atoms with van der Waals surface area (Å²) in [4.78, 5) is 15.5. The molecular formula is C23H26FNO4. The van der Waals surface area contributed by atoms with Crippen LogP contribution in [0.4, 0.5) is 4.39 Å². The third kappa shape index (κ3) is 4.36. The number of benzene rings is 1. The van der Waals surface area contributed by atoms with Crippen LogP contribution < -0.4 is 9.47 Å². The Balaban J connectivity index is 1.38. The van der Waals surface area contributed by atoms with E-state index in [1.54, 1.807) is 13.1 Å². The molecule has 1 N–H and O–H groups in total. The highest BCUT2D eigenvalue weighted by Crippen LogP contribution is 2.49. The summed E-state index contributed by atoms with van der Waals surface area (Å²) >= 11 is 0. The van der Waals surface area contributed by atoms with E-state index in [-0.39, 0.29) is 17.7 Å². The normalized spacial score (nSPS) is 22.6. The van der Waals surface area contributed by atoms with E-state index in [0.29, 0.717) is 18.4 Å². The molecule has 2 fully saturated rings. The summed E-state index contributed by atoms with van der Waals surface area (Å²) < 4.78 is 24.7. The van der Waals surface area contributed by atoms with E-state index >= 15 is 0 Å². The molecule has 2 saturated carbocycles. The van der Waals surface area contributed by atoms with Crippen molar-refractivity contribution >= 4 is 5.97 Å². The van der Waals surface area contributed by atoms with Gasteiger partial charge in [-0.15, -0.1) is 0 Å². The number of carboxylic acids is 1. The molecule has 1 aromatic heterocycles. The highest BCUT2D eigenvalue weighted by atomic mass is 19.1. The number of carboxylic acid groups (broad SMARTS) is 1. The summed E-state index contributed by atoms with van der Waals surface area (Å²) in [7, 11) is 1.40. The van der Waals surface area contributed by atoms with Crippen LogP contribution >= 0.6 is 0 Å². The Kier molecular flexibility index (Phi) is 5.43. The minimum atomic E-state index is -0.755. The Bertz CT molecular complexity index is 898. The summed E-state index contributed by atoms with van der Waals surface area (Å²) in [6, 6.07) is 9.31. The molecule has 29 heavy (non-hydrogen) atoms. The van der Waals surface area contributed by atoms with Crippen molar-refractivity contribution in [2.24, 2.45) is 17.8 Å². The summed E-state index contributed by atoms with van der Waals surface area (Å²) in [6.07, 6.45) is 4.78. The number of halogens is 1. The molecule has 0 unspecified atom stereocenters. The fraction of sp³-hybridized carbons (Fsp3) is 0.478. The third-order valence-electron chi connectivity index (χ3n) is 6.14. The van der Waals surface area contributed by atoms with Crippen molar-refractivity contribution in [3.63, 3.8) is 0 Å². The highest BCUT2D eigenvalue weighted by molar-refractivity contribution is 5.71. The van der Waals surface area contributed by atoms with Gasteiger partial charge in [-0.05, 0) is 66.3 Å². The zero-order valence-electron chi connectivity index (χ0n) is 16.7. The maximum Gasteiger partial charge on any atom is 0.306 e. The molecule has 2 aromatic rings. The second-order valence-electron chi connectivity index (χ2n) is 8.24. The van der Waals surface area contributed by atoms with Crippen LogP contribution in [0.1, 0.15) is 49.1 Å². The molecule has 0 saturated heterocycles. The summed E-state index contributed by atoms with van der Waals surface area (Å²) in [6.45, 7) is 2.33. The number of carbonyl (C=O) groups is 1. The van der Waals surface area contributed by atoms with Gasteiger partial charge in [0, 0.05) is 12.1 Å². The monoisotopic (exact) mass is 399 g/mol. The number of ether oxygens (including phenoxy) is 2. The SMILES string of the molecule is COc1ncc([C@H]2C[C@@H]2COc2cccc([C@H](C3CC3)[C@H](C)C(=O)O)c2)cc1F. The van der Waals surface area contributed by atoms with Crippen molar-refractivity contribution in [1.29, 1.82) is 0 Å². The number of nitrogens with zero attached hydrogens (tertiary/aromatic N) is 1. The summed E-state index contributed by atoms with van der Waals surface area (Å²) in [5.41, 5.74) is 1.91. The number of aromatic nitrogens is 1. The van der Waals surface area contributed by atoms with Gasteiger partial charge < -0.3 is 14.6 Å². The Morgan fingerprint density at radius 3 is 2.79 bits per heavy atom. The van der Waals surface area contributed by atoms with Gasteiger partial charge in [0.05, 0.1) is 19.6 Å². The van der Waals surface area contributed by atoms with Crippen molar-refractivity contribution in [2.75, 3.05) is 13.7 Å². The topological polar surface area (TPSA) is 68.7 Å². The van der Waals surface area contributed by atoms with Gasteiger partial charge in [-0.3, -0.25) is 4.79 Å². The van der Waals surface area contributed by atoms with E-state index in [4.69, 9.17) is 9.47 Å². The van der Waals surface area contributed by atoms with E-state index in [0.717, 1.165) is 36.1 Å². The van der Waals surface area contributed by atoms with Crippen LogP contribution in [0.3, 0.4) is 0 Å². The Labute approximate surface area is 169 Å². The largest absolute Gasteiger partial charge is 0.493 e. The van der Waals surface area contributed by atoms with Gasteiger partial charge in [-0.1, -0.05) is 19.1 Å². The van der Waals surface area contributed by atoms with E-state index < -0.39 is 17.7 Å². The summed E-state index contributed by atoms with van der Waals surface area (Å²) in [5.74, 6) is 0.207. The molecule has 0 aliphatic heterocycles. The number of pyridine rings is 1. The lowest BCUT2D eigenvalue weighted by Gasteiger charge is -2.21. The second kappa shape index (κ2) is 8.01. The maximum absolute atomic E-state index is 13.9. The molecule has 6 heteroatoms. The average Bonchev–Trinajstić information content (AvgIpc) is 3.62. The molecule has 5 nitrogen and oxygen atoms in total. The molecule has 2 aliphatic carbocycles. The Morgan fingerprint density at radius 1 is 1.34 bits per heavy atom. The van der Waals surface area contributed by atoms with Crippen molar-refractivity contribution in [3.05, 3.63) is 53.5 Å². The predicted molar refractivity (Wildman–Crippen MR) is 106 cm³/mol. The van der Waals surface area contributed by atoms with Crippen LogP contribution in [0, 0.1) is 23.6 Å². The summed E-state index contributed by atoms with van der Waals surface area (Å²) in [5, 5.41) is 9.46. The molecule has 1 aromatic carbocycles. The fourth-order valence-electron chi connectivity index (χ4n) is 4.23. The number of hydrogen-bond acceptors (Lipinski definition) is 4. The number of methoxy groups -OCH3 is 1. The zero-order valence-corrected chi connectivity index (χ0v) is 16.7. The van der Waals surface area contributed by atoms with Gasteiger partial charge in [0.15, 0.2) is 5.82 Å².